The van der Waals surface area contributed by atoms with Gasteiger partial charge in [0, 0.05) is 22.8 Å². The smallest absolute Gasteiger partial charge is 0.282 e. The zero-order valence-corrected chi connectivity index (χ0v) is 18.7. The lowest BCUT2D eigenvalue weighted by atomic mass is 10.0. The average molecular weight is 462 g/mol. The summed E-state index contributed by atoms with van der Waals surface area (Å²) in [5.74, 6) is -1.01. The number of nitrogens with zero attached hydrogens (tertiary/aromatic N) is 2. The van der Waals surface area contributed by atoms with Crippen LogP contribution in [-0.2, 0) is 16.0 Å². The molecule has 33 heavy (non-hydrogen) atoms. The van der Waals surface area contributed by atoms with Crippen LogP contribution in [0, 0.1) is 17.0 Å². The van der Waals surface area contributed by atoms with Crippen molar-refractivity contribution in [3.05, 3.63) is 104 Å². The van der Waals surface area contributed by atoms with E-state index < -0.39 is 16.7 Å². The number of nitro benzene ring substituents is 1. The molecule has 166 valence electrons. The van der Waals surface area contributed by atoms with Crippen LogP contribution in [0.1, 0.15) is 23.6 Å². The Morgan fingerprint density at radius 1 is 0.970 bits per heavy atom. The maximum absolute atomic E-state index is 13.5. The van der Waals surface area contributed by atoms with Crippen molar-refractivity contribution in [1.29, 1.82) is 0 Å². The quantitative estimate of drug-likeness (QED) is 0.296. The number of halogens is 1. The summed E-state index contributed by atoms with van der Waals surface area (Å²) >= 11 is 6.05. The van der Waals surface area contributed by atoms with Gasteiger partial charge in [0.15, 0.2) is 0 Å². The molecule has 1 aliphatic rings. The molecule has 2 amide bonds. The minimum atomic E-state index is -0.516. The Bertz CT molecular complexity index is 1300. The van der Waals surface area contributed by atoms with Gasteiger partial charge in [0.2, 0.25) is 0 Å². The summed E-state index contributed by atoms with van der Waals surface area (Å²) in [5, 5.41) is 14.7. The number of aryl methyl sites for hydroxylation is 2. The Kier molecular flexibility index (Phi) is 5.98. The lowest BCUT2D eigenvalue weighted by Crippen LogP contribution is -2.32. The molecule has 3 aromatic carbocycles. The summed E-state index contributed by atoms with van der Waals surface area (Å²) in [6, 6.07) is 17.9. The number of anilines is 2. The second-order valence-electron chi connectivity index (χ2n) is 7.60. The molecular formula is C25H20ClN3O4. The minimum Gasteiger partial charge on any atom is -0.350 e. The number of carbonyl (C=O) groups is 2. The first-order valence-electron chi connectivity index (χ1n) is 10.3. The van der Waals surface area contributed by atoms with Crippen LogP contribution in [-0.4, -0.2) is 16.7 Å². The van der Waals surface area contributed by atoms with Gasteiger partial charge in [0.1, 0.15) is 5.70 Å². The number of carbonyl (C=O) groups excluding carboxylic acids is 2. The fraction of sp³-hybridized carbons (Fsp3) is 0.120. The van der Waals surface area contributed by atoms with Crippen molar-refractivity contribution in [2.45, 2.75) is 20.3 Å². The van der Waals surface area contributed by atoms with E-state index in [1.807, 2.05) is 26.0 Å². The fourth-order valence-electron chi connectivity index (χ4n) is 3.68. The number of hydrogen-bond acceptors (Lipinski definition) is 5. The average Bonchev–Trinajstić information content (AvgIpc) is 3.05. The van der Waals surface area contributed by atoms with E-state index in [1.165, 1.54) is 24.3 Å². The van der Waals surface area contributed by atoms with Gasteiger partial charge in [-0.25, -0.2) is 4.90 Å². The molecule has 0 saturated carbocycles. The summed E-state index contributed by atoms with van der Waals surface area (Å²) in [7, 11) is 0. The summed E-state index contributed by atoms with van der Waals surface area (Å²) < 4.78 is 0. The molecule has 0 atom stereocenters. The number of nitrogens with one attached hydrogen (secondary N) is 1. The normalized spacial score (nSPS) is 13.6. The molecule has 7 nitrogen and oxygen atoms in total. The molecule has 0 fully saturated rings. The molecule has 1 aliphatic heterocycles. The van der Waals surface area contributed by atoms with Gasteiger partial charge in [-0.2, -0.15) is 0 Å². The summed E-state index contributed by atoms with van der Waals surface area (Å²) in [6.07, 6.45) is 0.830. The molecular weight excluding hydrogens is 442 g/mol. The fourth-order valence-corrected chi connectivity index (χ4v) is 3.91. The van der Waals surface area contributed by atoms with Crippen molar-refractivity contribution in [3.63, 3.8) is 0 Å². The van der Waals surface area contributed by atoms with Crippen LogP contribution in [0.5, 0.6) is 0 Å². The first-order valence-corrected chi connectivity index (χ1v) is 10.7. The predicted octanol–water partition coefficient (Wildman–Crippen LogP) is 5.52. The van der Waals surface area contributed by atoms with Gasteiger partial charge in [-0.3, -0.25) is 19.7 Å². The van der Waals surface area contributed by atoms with Crippen LogP contribution in [0.15, 0.2) is 72.4 Å². The van der Waals surface area contributed by atoms with Crippen LogP contribution >= 0.6 is 11.6 Å². The van der Waals surface area contributed by atoms with Gasteiger partial charge in [-0.05, 0) is 72.5 Å². The van der Waals surface area contributed by atoms with Gasteiger partial charge in [-0.15, -0.1) is 0 Å². The number of benzene rings is 3. The Labute approximate surface area is 195 Å². The topological polar surface area (TPSA) is 92.6 Å². The van der Waals surface area contributed by atoms with Crippen LogP contribution < -0.4 is 10.2 Å². The summed E-state index contributed by atoms with van der Waals surface area (Å²) in [6.45, 7) is 3.86. The highest BCUT2D eigenvalue weighted by molar-refractivity contribution is 6.46. The van der Waals surface area contributed by atoms with Crippen LogP contribution in [0.25, 0.3) is 5.57 Å². The number of amides is 2. The molecule has 0 spiro atoms. The first kappa shape index (κ1) is 22.2. The van der Waals surface area contributed by atoms with Gasteiger partial charge in [0.25, 0.3) is 17.5 Å². The molecule has 0 radical (unpaired) electrons. The number of non-ortho nitro benzene ring substituents is 1. The molecule has 8 heteroatoms. The largest absolute Gasteiger partial charge is 0.350 e. The maximum Gasteiger partial charge on any atom is 0.282 e. The lowest BCUT2D eigenvalue weighted by Gasteiger charge is -2.16. The van der Waals surface area contributed by atoms with E-state index in [4.69, 9.17) is 11.6 Å². The van der Waals surface area contributed by atoms with Crippen LogP contribution in [0.4, 0.5) is 17.1 Å². The molecule has 0 bridgehead atoms. The van der Waals surface area contributed by atoms with Crippen molar-refractivity contribution in [2.24, 2.45) is 0 Å². The highest BCUT2D eigenvalue weighted by Gasteiger charge is 2.40. The second-order valence-corrected chi connectivity index (χ2v) is 8.04. The number of nitro groups is 1. The van der Waals surface area contributed by atoms with Gasteiger partial charge < -0.3 is 5.32 Å². The van der Waals surface area contributed by atoms with E-state index in [0.717, 1.165) is 22.4 Å². The standard InChI is InChI=1S/C25H20ClN3O4/c1-3-16-4-9-19(10-5-16)28-24(30)22(17-6-11-20(12-7-17)29(32)33)23(25(28)31)27-21-13-8-18(26)14-15(21)2/h4-14,27H,3H2,1-2H3. The van der Waals surface area contributed by atoms with Gasteiger partial charge in [-0.1, -0.05) is 30.7 Å². The SMILES string of the molecule is CCc1ccc(N2C(=O)C(Nc3ccc(Cl)cc3C)=C(c3ccc([N+](=O)[O-])cc3)C2=O)cc1. The van der Waals surface area contributed by atoms with E-state index in [-0.39, 0.29) is 17.0 Å². The molecule has 0 aliphatic carbocycles. The number of hydrogen-bond donors (Lipinski definition) is 1. The van der Waals surface area contributed by atoms with E-state index in [0.29, 0.717) is 22.0 Å². The number of imide groups is 1. The van der Waals surface area contributed by atoms with E-state index in [9.17, 15) is 19.7 Å². The third-order valence-electron chi connectivity index (χ3n) is 5.50. The zero-order valence-electron chi connectivity index (χ0n) is 18.0. The summed E-state index contributed by atoms with van der Waals surface area (Å²) in [4.78, 5) is 38.6. The molecule has 1 N–H and O–H groups in total. The summed E-state index contributed by atoms with van der Waals surface area (Å²) in [5.41, 5.74) is 3.49. The molecule has 0 aromatic heterocycles. The minimum absolute atomic E-state index is 0.0962. The van der Waals surface area contributed by atoms with Crippen molar-refractivity contribution in [1.82, 2.24) is 0 Å². The van der Waals surface area contributed by atoms with Crippen molar-refractivity contribution in [2.75, 3.05) is 10.2 Å². The Morgan fingerprint density at radius 3 is 2.21 bits per heavy atom. The van der Waals surface area contributed by atoms with Crippen LogP contribution in [0.3, 0.4) is 0 Å². The monoisotopic (exact) mass is 461 g/mol. The molecule has 3 aromatic rings. The third-order valence-corrected chi connectivity index (χ3v) is 5.74. The zero-order chi connectivity index (χ0) is 23.7. The van der Waals surface area contributed by atoms with Gasteiger partial charge in [0.05, 0.1) is 16.2 Å². The molecule has 1 heterocycles. The second kappa shape index (κ2) is 8.88. The van der Waals surface area contributed by atoms with E-state index in [2.05, 4.69) is 5.32 Å². The molecule has 0 unspecified atom stereocenters. The lowest BCUT2D eigenvalue weighted by molar-refractivity contribution is -0.384. The Morgan fingerprint density at radius 2 is 1.64 bits per heavy atom. The van der Waals surface area contributed by atoms with Gasteiger partial charge >= 0.3 is 0 Å². The Balaban J connectivity index is 1.81. The first-order chi connectivity index (χ1) is 15.8. The Hall–Kier alpha value is -3.97. The van der Waals surface area contributed by atoms with E-state index >= 15 is 0 Å². The van der Waals surface area contributed by atoms with Crippen LogP contribution in [0.2, 0.25) is 5.02 Å². The highest BCUT2D eigenvalue weighted by atomic mass is 35.5. The van der Waals surface area contributed by atoms with E-state index in [1.54, 1.807) is 30.3 Å². The number of rotatable bonds is 6. The van der Waals surface area contributed by atoms with Crippen molar-refractivity contribution < 1.29 is 14.5 Å². The van der Waals surface area contributed by atoms with Crippen molar-refractivity contribution in [3.8, 4) is 0 Å². The maximum atomic E-state index is 13.5. The predicted molar refractivity (Wildman–Crippen MR) is 128 cm³/mol. The molecule has 0 saturated heterocycles. The third kappa shape index (κ3) is 4.23. The highest BCUT2D eigenvalue weighted by Crippen LogP contribution is 2.35. The molecule has 4 rings (SSSR count). The van der Waals surface area contributed by atoms with Crippen molar-refractivity contribution >= 4 is 46.1 Å².